The SMILES string of the molecule is CCc1nc(C(N)=O)c(Nc2ccc(CS(=O)O)cc2)nc1Cl. The van der Waals surface area contributed by atoms with Crippen LogP contribution in [0.25, 0.3) is 0 Å². The minimum absolute atomic E-state index is 0.00629. The summed E-state index contributed by atoms with van der Waals surface area (Å²) in [4.78, 5) is 19.8. The molecule has 1 aromatic heterocycles. The van der Waals surface area contributed by atoms with Crippen molar-refractivity contribution in [2.24, 2.45) is 5.73 Å². The number of aryl methyl sites for hydroxylation is 1. The fourth-order valence-electron chi connectivity index (χ4n) is 1.90. The van der Waals surface area contributed by atoms with Gasteiger partial charge < -0.3 is 15.6 Å². The maximum absolute atomic E-state index is 11.5. The number of benzene rings is 1. The lowest BCUT2D eigenvalue weighted by atomic mass is 10.2. The molecule has 7 nitrogen and oxygen atoms in total. The van der Waals surface area contributed by atoms with Gasteiger partial charge in [0.1, 0.15) is 0 Å². The zero-order chi connectivity index (χ0) is 17.0. The Balaban J connectivity index is 2.30. The number of anilines is 2. The molecular weight excluding hydrogens is 340 g/mol. The highest BCUT2D eigenvalue weighted by Crippen LogP contribution is 2.22. The van der Waals surface area contributed by atoms with Gasteiger partial charge in [-0.2, -0.15) is 0 Å². The Morgan fingerprint density at radius 3 is 2.52 bits per heavy atom. The molecule has 0 bridgehead atoms. The summed E-state index contributed by atoms with van der Waals surface area (Å²) in [7, 11) is 0. The summed E-state index contributed by atoms with van der Waals surface area (Å²) < 4.78 is 19.6. The molecule has 9 heteroatoms. The van der Waals surface area contributed by atoms with Gasteiger partial charge in [0.15, 0.2) is 27.7 Å². The molecule has 1 amide bonds. The average Bonchev–Trinajstić information content (AvgIpc) is 2.48. The first-order valence-corrected chi connectivity index (χ1v) is 8.35. The van der Waals surface area contributed by atoms with Crippen molar-refractivity contribution in [1.82, 2.24) is 9.97 Å². The van der Waals surface area contributed by atoms with Crippen molar-refractivity contribution in [2.45, 2.75) is 19.1 Å². The third-order valence-corrected chi connectivity index (χ3v) is 3.88. The molecule has 1 atom stereocenters. The highest BCUT2D eigenvalue weighted by Gasteiger charge is 2.16. The molecule has 122 valence electrons. The van der Waals surface area contributed by atoms with Crippen LogP contribution in [0.2, 0.25) is 5.15 Å². The van der Waals surface area contributed by atoms with E-state index in [-0.39, 0.29) is 22.4 Å². The number of amides is 1. The summed E-state index contributed by atoms with van der Waals surface area (Å²) in [6.45, 7) is 1.84. The smallest absolute Gasteiger partial charge is 0.271 e. The molecule has 0 spiro atoms. The maximum atomic E-state index is 11.5. The first-order valence-electron chi connectivity index (χ1n) is 6.70. The van der Waals surface area contributed by atoms with Gasteiger partial charge in [-0.25, -0.2) is 14.2 Å². The van der Waals surface area contributed by atoms with Crippen molar-refractivity contribution in [3.8, 4) is 0 Å². The molecule has 0 fully saturated rings. The van der Waals surface area contributed by atoms with Crippen LogP contribution in [0.5, 0.6) is 0 Å². The van der Waals surface area contributed by atoms with Gasteiger partial charge in [-0.1, -0.05) is 30.7 Å². The maximum Gasteiger partial charge on any atom is 0.271 e. The van der Waals surface area contributed by atoms with E-state index in [1.54, 1.807) is 24.3 Å². The minimum Gasteiger partial charge on any atom is -0.364 e. The molecular formula is C14H15ClN4O3S. The summed E-state index contributed by atoms with van der Waals surface area (Å²) in [6, 6.07) is 6.76. The van der Waals surface area contributed by atoms with Crippen LogP contribution in [-0.2, 0) is 23.3 Å². The molecule has 2 aromatic rings. The standard InChI is InChI=1S/C14H15ClN4O3S/c1-2-10-12(15)19-14(11(18-10)13(16)20)17-9-5-3-8(4-6-9)7-23(21)22/h3-6H,2,7H2,1H3,(H2,16,20)(H,17,19)(H,21,22). The van der Waals surface area contributed by atoms with Crippen molar-refractivity contribution in [2.75, 3.05) is 5.32 Å². The molecule has 1 heterocycles. The molecule has 0 saturated heterocycles. The number of nitrogens with one attached hydrogen (secondary N) is 1. The first-order chi connectivity index (χ1) is 10.9. The van der Waals surface area contributed by atoms with E-state index < -0.39 is 17.0 Å². The van der Waals surface area contributed by atoms with Crippen LogP contribution in [0.1, 0.15) is 28.7 Å². The Hall–Kier alpha value is -2.03. The number of carbonyl (C=O) groups is 1. The minimum atomic E-state index is -1.90. The van der Waals surface area contributed by atoms with E-state index in [0.29, 0.717) is 23.4 Å². The van der Waals surface area contributed by atoms with Crippen LogP contribution in [0.3, 0.4) is 0 Å². The second-order valence-corrected chi connectivity index (χ2v) is 5.95. The van der Waals surface area contributed by atoms with Gasteiger partial charge >= 0.3 is 0 Å². The van der Waals surface area contributed by atoms with Crippen LogP contribution in [0.4, 0.5) is 11.5 Å². The van der Waals surface area contributed by atoms with Crippen molar-refractivity contribution >= 4 is 40.1 Å². The molecule has 0 saturated carbocycles. The Morgan fingerprint density at radius 2 is 2.00 bits per heavy atom. The van der Waals surface area contributed by atoms with E-state index in [1.807, 2.05) is 6.92 Å². The summed E-state index contributed by atoms with van der Waals surface area (Å²) >= 11 is 4.13. The number of aromatic nitrogens is 2. The Labute approximate surface area is 140 Å². The molecule has 1 aromatic carbocycles. The van der Waals surface area contributed by atoms with Gasteiger partial charge in [0, 0.05) is 5.69 Å². The van der Waals surface area contributed by atoms with Crippen LogP contribution < -0.4 is 11.1 Å². The molecule has 23 heavy (non-hydrogen) atoms. The van der Waals surface area contributed by atoms with E-state index in [2.05, 4.69) is 15.3 Å². The van der Waals surface area contributed by atoms with Crippen LogP contribution in [0, 0.1) is 0 Å². The third kappa shape index (κ3) is 4.47. The molecule has 1 unspecified atom stereocenters. The zero-order valence-corrected chi connectivity index (χ0v) is 13.8. The Kier molecular flexibility index (Phi) is 5.64. The molecule has 2 rings (SSSR count). The lowest BCUT2D eigenvalue weighted by Gasteiger charge is -2.11. The van der Waals surface area contributed by atoms with E-state index in [0.717, 1.165) is 0 Å². The van der Waals surface area contributed by atoms with E-state index in [9.17, 15) is 9.00 Å². The number of hydrogen-bond acceptors (Lipinski definition) is 5. The highest BCUT2D eigenvalue weighted by atomic mass is 35.5. The first kappa shape index (κ1) is 17.3. The summed E-state index contributed by atoms with van der Waals surface area (Å²) in [5, 5.41) is 3.13. The number of nitrogens with zero attached hydrogens (tertiary/aromatic N) is 2. The van der Waals surface area contributed by atoms with Gasteiger partial charge in [-0.3, -0.25) is 4.79 Å². The fraction of sp³-hybridized carbons (Fsp3) is 0.214. The van der Waals surface area contributed by atoms with Crippen molar-refractivity contribution in [3.63, 3.8) is 0 Å². The molecule has 0 radical (unpaired) electrons. The lowest BCUT2D eigenvalue weighted by molar-refractivity contribution is 0.0996. The third-order valence-electron chi connectivity index (χ3n) is 2.99. The van der Waals surface area contributed by atoms with Gasteiger partial charge in [-0.05, 0) is 24.1 Å². The fourth-order valence-corrected chi connectivity index (χ4v) is 2.64. The number of nitrogens with two attached hydrogens (primary N) is 1. The monoisotopic (exact) mass is 354 g/mol. The number of carbonyl (C=O) groups excluding carboxylic acids is 1. The lowest BCUT2D eigenvalue weighted by Crippen LogP contribution is -2.18. The van der Waals surface area contributed by atoms with Crippen molar-refractivity contribution < 1.29 is 13.6 Å². The molecule has 0 aliphatic carbocycles. The Bertz CT molecular complexity index is 752. The highest BCUT2D eigenvalue weighted by molar-refractivity contribution is 7.78. The predicted molar refractivity (Wildman–Crippen MR) is 89.1 cm³/mol. The molecule has 0 aliphatic rings. The summed E-state index contributed by atoms with van der Waals surface area (Å²) in [6.07, 6.45) is 0.527. The van der Waals surface area contributed by atoms with E-state index in [4.69, 9.17) is 21.9 Å². The zero-order valence-electron chi connectivity index (χ0n) is 12.2. The molecule has 4 N–H and O–H groups in total. The second-order valence-electron chi connectivity index (χ2n) is 4.66. The van der Waals surface area contributed by atoms with Gasteiger partial charge in [-0.15, -0.1) is 0 Å². The van der Waals surface area contributed by atoms with Crippen molar-refractivity contribution in [1.29, 1.82) is 0 Å². The topological polar surface area (TPSA) is 118 Å². The number of hydrogen-bond donors (Lipinski definition) is 3. The summed E-state index contributed by atoms with van der Waals surface area (Å²) in [5.41, 5.74) is 7.16. The van der Waals surface area contributed by atoms with E-state index >= 15 is 0 Å². The van der Waals surface area contributed by atoms with Crippen LogP contribution in [0.15, 0.2) is 24.3 Å². The number of rotatable bonds is 6. The van der Waals surface area contributed by atoms with Crippen LogP contribution in [-0.4, -0.2) is 24.6 Å². The van der Waals surface area contributed by atoms with Gasteiger partial charge in [0.25, 0.3) is 5.91 Å². The van der Waals surface area contributed by atoms with E-state index in [1.165, 1.54) is 0 Å². The molecule has 0 aliphatic heterocycles. The average molecular weight is 355 g/mol. The largest absolute Gasteiger partial charge is 0.364 e. The van der Waals surface area contributed by atoms with Gasteiger partial charge in [0.05, 0.1) is 11.4 Å². The predicted octanol–water partition coefficient (Wildman–Crippen LogP) is 2.26. The number of halogens is 1. The second kappa shape index (κ2) is 7.49. The summed E-state index contributed by atoms with van der Waals surface area (Å²) in [5.74, 6) is -0.499. The normalized spacial score (nSPS) is 12.0. The van der Waals surface area contributed by atoms with Crippen molar-refractivity contribution in [3.05, 3.63) is 46.4 Å². The number of primary amides is 1. The van der Waals surface area contributed by atoms with Gasteiger partial charge in [0.2, 0.25) is 0 Å². The quantitative estimate of drug-likeness (QED) is 0.685. The van der Waals surface area contributed by atoms with Crippen LogP contribution >= 0.6 is 11.6 Å². The Morgan fingerprint density at radius 1 is 1.35 bits per heavy atom.